The smallest absolute Gasteiger partial charge is 0.249 e. The number of anilines is 1. The highest BCUT2D eigenvalue weighted by molar-refractivity contribution is 5.71. The summed E-state index contributed by atoms with van der Waals surface area (Å²) >= 11 is 0. The van der Waals surface area contributed by atoms with E-state index in [2.05, 4.69) is 32.1 Å². The lowest BCUT2D eigenvalue weighted by Gasteiger charge is -2.07. The summed E-state index contributed by atoms with van der Waals surface area (Å²) < 4.78 is 12.0. The maximum absolute atomic E-state index is 6.02. The molecule has 0 spiro atoms. The van der Waals surface area contributed by atoms with Crippen molar-refractivity contribution in [1.29, 1.82) is 0 Å². The minimum Gasteiger partial charge on any atom is -0.475 e. The van der Waals surface area contributed by atoms with Crippen molar-refractivity contribution >= 4 is 16.9 Å². The standard InChI is InChI=1S/C28H22N4O2/c1-29-22-12-9-20(10-13-22)11-15-25-28(32-24-8-5-18-30-27(24)31-25)33-19-17-23-14-16-26(34-23)21-6-3-2-4-7-21/h2-10,12-14,16,18,29H,17,19H2,1H3. The minimum absolute atomic E-state index is 0.383. The molecule has 0 atom stereocenters. The number of nitrogens with zero attached hydrogens (tertiary/aromatic N) is 3. The first-order valence-electron chi connectivity index (χ1n) is 11.0. The summed E-state index contributed by atoms with van der Waals surface area (Å²) in [6, 6.07) is 25.5. The molecule has 2 aromatic carbocycles. The second-order valence-corrected chi connectivity index (χ2v) is 7.53. The van der Waals surface area contributed by atoms with Gasteiger partial charge >= 0.3 is 0 Å². The molecule has 5 aromatic rings. The number of pyridine rings is 1. The Morgan fingerprint density at radius 3 is 2.56 bits per heavy atom. The van der Waals surface area contributed by atoms with Gasteiger partial charge in [-0.15, -0.1) is 0 Å². The molecule has 0 aliphatic rings. The molecule has 0 fully saturated rings. The molecule has 34 heavy (non-hydrogen) atoms. The zero-order valence-corrected chi connectivity index (χ0v) is 18.7. The van der Waals surface area contributed by atoms with Crippen LogP contribution in [0.4, 0.5) is 5.69 Å². The van der Waals surface area contributed by atoms with Gasteiger partial charge in [-0.25, -0.2) is 15.0 Å². The average Bonchev–Trinajstić information content (AvgIpc) is 3.37. The van der Waals surface area contributed by atoms with Gasteiger partial charge in [0.05, 0.1) is 6.61 Å². The molecule has 3 aromatic heterocycles. The Morgan fingerprint density at radius 2 is 1.74 bits per heavy atom. The zero-order chi connectivity index (χ0) is 23.2. The highest BCUT2D eigenvalue weighted by atomic mass is 16.5. The molecule has 0 unspecified atom stereocenters. The predicted octanol–water partition coefficient (Wildman–Crippen LogP) is 5.35. The number of benzene rings is 2. The van der Waals surface area contributed by atoms with Crippen LogP contribution in [0.15, 0.2) is 89.5 Å². The van der Waals surface area contributed by atoms with Gasteiger partial charge in [0.15, 0.2) is 11.3 Å². The maximum atomic E-state index is 6.02. The second kappa shape index (κ2) is 9.88. The lowest BCUT2D eigenvalue weighted by atomic mass is 10.2. The largest absolute Gasteiger partial charge is 0.475 e. The fourth-order valence-corrected chi connectivity index (χ4v) is 3.43. The van der Waals surface area contributed by atoms with Gasteiger partial charge in [-0.2, -0.15) is 0 Å². The summed E-state index contributed by atoms with van der Waals surface area (Å²) in [5.74, 6) is 8.30. The summed E-state index contributed by atoms with van der Waals surface area (Å²) in [5.41, 5.74) is 4.58. The molecule has 0 saturated heterocycles. The molecule has 0 bridgehead atoms. The molecule has 6 heteroatoms. The number of fused-ring (bicyclic) bond motifs is 1. The third-order valence-corrected chi connectivity index (χ3v) is 5.21. The van der Waals surface area contributed by atoms with Crippen molar-refractivity contribution in [1.82, 2.24) is 15.0 Å². The van der Waals surface area contributed by atoms with E-state index >= 15 is 0 Å². The minimum atomic E-state index is 0.383. The van der Waals surface area contributed by atoms with E-state index in [1.807, 2.05) is 85.9 Å². The quantitative estimate of drug-likeness (QED) is 0.355. The summed E-state index contributed by atoms with van der Waals surface area (Å²) in [7, 11) is 1.88. The second-order valence-electron chi connectivity index (χ2n) is 7.53. The van der Waals surface area contributed by atoms with Crippen molar-refractivity contribution in [2.45, 2.75) is 6.42 Å². The number of rotatable bonds is 6. The van der Waals surface area contributed by atoms with Gasteiger partial charge < -0.3 is 14.5 Å². The van der Waals surface area contributed by atoms with Crippen LogP contribution >= 0.6 is 0 Å². The molecule has 0 radical (unpaired) electrons. The highest BCUT2D eigenvalue weighted by Crippen LogP contribution is 2.23. The SMILES string of the molecule is CNc1ccc(C#Cc2nc3ncccc3nc2OCCc2ccc(-c3ccccc3)o2)cc1. The van der Waals surface area contributed by atoms with E-state index in [1.165, 1.54) is 0 Å². The first kappa shape index (κ1) is 21.2. The van der Waals surface area contributed by atoms with Crippen LogP contribution in [0.3, 0.4) is 0 Å². The number of hydrogen-bond donors (Lipinski definition) is 1. The summed E-state index contributed by atoms with van der Waals surface area (Å²) in [6.45, 7) is 0.383. The van der Waals surface area contributed by atoms with Gasteiger partial charge in [0.1, 0.15) is 17.0 Å². The normalized spacial score (nSPS) is 10.5. The van der Waals surface area contributed by atoms with Crippen molar-refractivity contribution in [2.24, 2.45) is 0 Å². The van der Waals surface area contributed by atoms with Gasteiger partial charge in [-0.05, 0) is 54.5 Å². The Kier molecular flexibility index (Phi) is 6.17. The Morgan fingerprint density at radius 1 is 0.882 bits per heavy atom. The van der Waals surface area contributed by atoms with Crippen LogP contribution in [-0.2, 0) is 6.42 Å². The van der Waals surface area contributed by atoms with E-state index in [-0.39, 0.29) is 0 Å². The zero-order valence-electron chi connectivity index (χ0n) is 18.7. The third-order valence-electron chi connectivity index (χ3n) is 5.21. The number of ether oxygens (including phenoxy) is 1. The van der Waals surface area contributed by atoms with E-state index in [0.29, 0.717) is 35.8 Å². The lowest BCUT2D eigenvalue weighted by molar-refractivity contribution is 0.297. The van der Waals surface area contributed by atoms with Crippen LogP contribution in [0.25, 0.3) is 22.5 Å². The van der Waals surface area contributed by atoms with Gasteiger partial charge in [-0.1, -0.05) is 36.3 Å². The summed E-state index contributed by atoms with van der Waals surface area (Å²) in [6.07, 6.45) is 2.28. The van der Waals surface area contributed by atoms with Gasteiger partial charge in [0.25, 0.3) is 0 Å². The van der Waals surface area contributed by atoms with E-state index in [9.17, 15) is 0 Å². The average molecular weight is 447 g/mol. The summed E-state index contributed by atoms with van der Waals surface area (Å²) in [5, 5.41) is 3.10. The van der Waals surface area contributed by atoms with Gasteiger partial charge in [-0.3, -0.25) is 0 Å². The number of nitrogens with one attached hydrogen (secondary N) is 1. The summed E-state index contributed by atoms with van der Waals surface area (Å²) in [4.78, 5) is 13.5. The highest BCUT2D eigenvalue weighted by Gasteiger charge is 2.11. The molecule has 5 rings (SSSR count). The van der Waals surface area contributed by atoms with Crippen molar-refractivity contribution < 1.29 is 9.15 Å². The number of furan rings is 1. The topological polar surface area (TPSA) is 73.1 Å². The van der Waals surface area contributed by atoms with Crippen LogP contribution in [0.5, 0.6) is 5.88 Å². The fourth-order valence-electron chi connectivity index (χ4n) is 3.43. The van der Waals surface area contributed by atoms with Crippen LogP contribution in [0.1, 0.15) is 17.0 Å². The fraction of sp³-hybridized carbons (Fsp3) is 0.107. The molecule has 0 saturated carbocycles. The monoisotopic (exact) mass is 446 g/mol. The van der Waals surface area contributed by atoms with Crippen molar-refractivity contribution in [3.63, 3.8) is 0 Å². The molecule has 0 aliphatic heterocycles. The molecule has 0 aliphatic carbocycles. The Bertz CT molecular complexity index is 1470. The van der Waals surface area contributed by atoms with Gasteiger partial charge in [0.2, 0.25) is 5.88 Å². The molecular formula is C28H22N4O2. The predicted molar refractivity (Wildman–Crippen MR) is 133 cm³/mol. The molecule has 3 heterocycles. The third kappa shape index (κ3) is 4.89. The van der Waals surface area contributed by atoms with E-state index in [1.54, 1.807) is 6.20 Å². The Labute approximate surface area is 197 Å². The van der Waals surface area contributed by atoms with Crippen LogP contribution < -0.4 is 10.1 Å². The molecular weight excluding hydrogens is 424 g/mol. The Hall–Kier alpha value is -4.63. The van der Waals surface area contributed by atoms with Crippen LogP contribution in [-0.4, -0.2) is 28.6 Å². The number of hydrogen-bond acceptors (Lipinski definition) is 6. The first-order chi connectivity index (χ1) is 16.8. The molecule has 0 amide bonds. The molecule has 166 valence electrons. The van der Waals surface area contributed by atoms with Crippen LogP contribution in [0.2, 0.25) is 0 Å². The molecule has 1 N–H and O–H groups in total. The van der Waals surface area contributed by atoms with E-state index in [4.69, 9.17) is 9.15 Å². The van der Waals surface area contributed by atoms with Crippen LogP contribution in [0, 0.1) is 11.8 Å². The maximum Gasteiger partial charge on any atom is 0.249 e. The molecule has 6 nitrogen and oxygen atoms in total. The Balaban J connectivity index is 1.35. The van der Waals surface area contributed by atoms with Crippen molar-refractivity contribution in [2.75, 3.05) is 19.0 Å². The van der Waals surface area contributed by atoms with Crippen molar-refractivity contribution in [3.05, 3.63) is 102 Å². The first-order valence-corrected chi connectivity index (χ1v) is 11.0. The van der Waals surface area contributed by atoms with E-state index < -0.39 is 0 Å². The van der Waals surface area contributed by atoms with E-state index in [0.717, 1.165) is 28.3 Å². The van der Waals surface area contributed by atoms with Gasteiger partial charge in [0, 0.05) is 36.5 Å². The lowest BCUT2D eigenvalue weighted by Crippen LogP contribution is -2.05. The number of aromatic nitrogens is 3. The van der Waals surface area contributed by atoms with Crippen molar-refractivity contribution in [3.8, 4) is 29.0 Å².